The number of piperazine rings is 1. The lowest BCUT2D eigenvalue weighted by Gasteiger charge is -2.35. The lowest BCUT2D eigenvalue weighted by Crippen LogP contribution is -2.48. The molecule has 2 aromatic rings. The van der Waals surface area contributed by atoms with Crippen LogP contribution >= 0.6 is 0 Å². The van der Waals surface area contributed by atoms with E-state index in [0.29, 0.717) is 31.9 Å². The Morgan fingerprint density at radius 2 is 1.43 bits per heavy atom. The second-order valence-corrected chi connectivity index (χ2v) is 10.2. The Hall–Kier alpha value is -2.30. The van der Waals surface area contributed by atoms with Crippen LogP contribution in [0.2, 0.25) is 0 Å². The van der Waals surface area contributed by atoms with Gasteiger partial charge in [-0.3, -0.25) is 4.72 Å². The minimum Gasteiger partial charge on any atom is -0.497 e. The molecule has 1 saturated heterocycles. The zero-order chi connectivity index (χ0) is 20.4. The van der Waals surface area contributed by atoms with E-state index in [1.807, 2.05) is 24.3 Å². The summed E-state index contributed by atoms with van der Waals surface area (Å²) in [6.45, 7) is 1.91. The second-order valence-electron chi connectivity index (χ2n) is 6.49. The van der Waals surface area contributed by atoms with Crippen LogP contribution in [-0.2, 0) is 20.0 Å². The molecule has 0 unspecified atom stereocenters. The van der Waals surface area contributed by atoms with Crippen LogP contribution in [0.3, 0.4) is 0 Å². The van der Waals surface area contributed by atoms with E-state index < -0.39 is 20.0 Å². The van der Waals surface area contributed by atoms with Gasteiger partial charge in [0, 0.05) is 37.6 Å². The predicted molar refractivity (Wildman–Crippen MR) is 109 cm³/mol. The van der Waals surface area contributed by atoms with E-state index in [1.165, 1.54) is 28.6 Å². The highest BCUT2D eigenvalue weighted by molar-refractivity contribution is 7.92. The van der Waals surface area contributed by atoms with Gasteiger partial charge < -0.3 is 9.64 Å². The summed E-state index contributed by atoms with van der Waals surface area (Å²) in [4.78, 5) is 2.27. The van der Waals surface area contributed by atoms with Crippen LogP contribution in [0.25, 0.3) is 0 Å². The molecule has 8 nitrogen and oxygen atoms in total. The quantitative estimate of drug-likeness (QED) is 0.755. The number of methoxy groups -OCH3 is 1. The first-order valence-corrected chi connectivity index (χ1v) is 12.0. The maximum Gasteiger partial charge on any atom is 0.243 e. The van der Waals surface area contributed by atoms with Crippen LogP contribution in [0, 0.1) is 0 Å². The molecule has 1 aliphatic rings. The minimum atomic E-state index is -3.63. The molecule has 0 aliphatic carbocycles. The number of hydrogen-bond donors (Lipinski definition) is 1. The maximum atomic E-state index is 12.9. The molecule has 0 radical (unpaired) electrons. The van der Waals surface area contributed by atoms with Crippen LogP contribution in [0.5, 0.6) is 5.75 Å². The number of rotatable bonds is 6. The van der Waals surface area contributed by atoms with Gasteiger partial charge in [-0.1, -0.05) is 0 Å². The predicted octanol–water partition coefficient (Wildman–Crippen LogP) is 1.58. The fraction of sp³-hybridized carbons (Fsp3) is 0.333. The Balaban J connectivity index is 1.67. The number of anilines is 2. The molecule has 1 aliphatic heterocycles. The third-order valence-corrected chi connectivity index (χ3v) is 6.99. The summed E-state index contributed by atoms with van der Waals surface area (Å²) in [6, 6.07) is 13.4. The van der Waals surface area contributed by atoms with E-state index in [4.69, 9.17) is 4.74 Å². The number of sulfonamides is 2. The molecule has 1 fully saturated rings. The average molecular weight is 426 g/mol. The summed E-state index contributed by atoms with van der Waals surface area (Å²) in [7, 11) is -5.42. The largest absolute Gasteiger partial charge is 0.497 e. The van der Waals surface area contributed by atoms with E-state index in [9.17, 15) is 16.8 Å². The Kier molecular flexibility index (Phi) is 5.82. The zero-order valence-corrected chi connectivity index (χ0v) is 17.3. The van der Waals surface area contributed by atoms with Gasteiger partial charge in [0.05, 0.1) is 18.3 Å². The van der Waals surface area contributed by atoms with Gasteiger partial charge >= 0.3 is 0 Å². The van der Waals surface area contributed by atoms with Crippen molar-refractivity contribution >= 4 is 31.4 Å². The van der Waals surface area contributed by atoms with Gasteiger partial charge in [0.1, 0.15) is 5.75 Å². The van der Waals surface area contributed by atoms with Gasteiger partial charge in [0.2, 0.25) is 20.0 Å². The molecule has 0 bridgehead atoms. The van der Waals surface area contributed by atoms with E-state index in [1.54, 1.807) is 7.11 Å². The summed E-state index contributed by atoms with van der Waals surface area (Å²) in [6.07, 6.45) is 1.04. The molecule has 0 amide bonds. The molecular weight excluding hydrogens is 402 g/mol. The van der Waals surface area contributed by atoms with Gasteiger partial charge in [-0.05, 0) is 48.5 Å². The molecule has 0 spiro atoms. The first-order valence-electron chi connectivity index (χ1n) is 8.66. The van der Waals surface area contributed by atoms with E-state index in [2.05, 4.69) is 9.62 Å². The number of ether oxygens (including phenoxy) is 1. The van der Waals surface area contributed by atoms with E-state index in [0.717, 1.165) is 17.7 Å². The third-order valence-electron chi connectivity index (χ3n) is 4.47. The fourth-order valence-electron chi connectivity index (χ4n) is 3.04. The number of benzene rings is 2. The number of nitrogens with one attached hydrogen (secondary N) is 1. The summed E-state index contributed by atoms with van der Waals surface area (Å²) in [5.41, 5.74) is 1.35. The summed E-state index contributed by atoms with van der Waals surface area (Å²) < 4.78 is 57.2. The van der Waals surface area contributed by atoms with Crippen molar-refractivity contribution in [2.45, 2.75) is 4.90 Å². The normalized spacial score (nSPS) is 16.0. The van der Waals surface area contributed by atoms with Gasteiger partial charge in [0.25, 0.3) is 0 Å². The van der Waals surface area contributed by atoms with Crippen molar-refractivity contribution in [2.75, 3.05) is 49.2 Å². The minimum absolute atomic E-state index is 0.143. The fourth-order valence-corrected chi connectivity index (χ4v) is 5.02. The molecule has 3 rings (SSSR count). The molecule has 152 valence electrons. The van der Waals surface area contributed by atoms with Gasteiger partial charge in [-0.25, -0.2) is 16.8 Å². The van der Waals surface area contributed by atoms with E-state index in [-0.39, 0.29) is 4.90 Å². The Morgan fingerprint density at radius 3 is 1.93 bits per heavy atom. The molecule has 2 aromatic carbocycles. The number of hydrogen-bond acceptors (Lipinski definition) is 6. The maximum absolute atomic E-state index is 12.9. The van der Waals surface area contributed by atoms with Crippen molar-refractivity contribution in [3.8, 4) is 5.75 Å². The SMILES string of the molecule is COc1ccc(N2CCN(S(=O)(=O)c3ccc(NS(C)(=O)=O)cc3)CC2)cc1. The van der Waals surface area contributed by atoms with Crippen molar-refractivity contribution in [2.24, 2.45) is 0 Å². The summed E-state index contributed by atoms with van der Waals surface area (Å²) in [5.74, 6) is 0.777. The lowest BCUT2D eigenvalue weighted by atomic mass is 10.2. The smallest absolute Gasteiger partial charge is 0.243 e. The highest BCUT2D eigenvalue weighted by atomic mass is 32.2. The monoisotopic (exact) mass is 425 g/mol. The number of nitrogens with zero attached hydrogens (tertiary/aromatic N) is 2. The first kappa shape index (κ1) is 20.4. The average Bonchev–Trinajstić information content (AvgIpc) is 2.67. The first-order chi connectivity index (χ1) is 13.2. The van der Waals surface area contributed by atoms with Crippen molar-refractivity contribution in [3.05, 3.63) is 48.5 Å². The molecule has 0 aromatic heterocycles. The summed E-state index contributed by atoms with van der Waals surface area (Å²) in [5, 5.41) is 0. The molecule has 1 heterocycles. The Morgan fingerprint density at radius 1 is 0.857 bits per heavy atom. The van der Waals surface area contributed by atoms with Crippen LogP contribution in [-0.4, -0.2) is 60.7 Å². The van der Waals surface area contributed by atoms with Crippen LogP contribution < -0.4 is 14.4 Å². The lowest BCUT2D eigenvalue weighted by molar-refractivity contribution is 0.384. The topological polar surface area (TPSA) is 96.0 Å². The van der Waals surface area contributed by atoms with Crippen LogP contribution in [0.15, 0.2) is 53.4 Å². The van der Waals surface area contributed by atoms with Crippen molar-refractivity contribution in [3.63, 3.8) is 0 Å². The molecule has 1 N–H and O–H groups in total. The third kappa shape index (κ3) is 4.75. The van der Waals surface area contributed by atoms with Gasteiger partial charge in [0.15, 0.2) is 0 Å². The van der Waals surface area contributed by atoms with Crippen molar-refractivity contribution in [1.82, 2.24) is 4.31 Å². The second kappa shape index (κ2) is 7.98. The standard InChI is InChI=1S/C18H23N3O5S2/c1-26-17-7-5-16(6-8-17)20-11-13-21(14-12-20)28(24,25)18-9-3-15(4-10-18)19-27(2,22)23/h3-10,19H,11-14H2,1-2H3. The van der Waals surface area contributed by atoms with Gasteiger partial charge in [-0.15, -0.1) is 0 Å². The molecular formula is C18H23N3O5S2. The van der Waals surface area contributed by atoms with E-state index >= 15 is 0 Å². The molecule has 0 saturated carbocycles. The molecule has 28 heavy (non-hydrogen) atoms. The highest BCUT2D eigenvalue weighted by Crippen LogP contribution is 2.24. The van der Waals surface area contributed by atoms with Crippen molar-refractivity contribution < 1.29 is 21.6 Å². The van der Waals surface area contributed by atoms with Crippen LogP contribution in [0.1, 0.15) is 0 Å². The van der Waals surface area contributed by atoms with Crippen molar-refractivity contribution in [1.29, 1.82) is 0 Å². The Bertz CT molecular complexity index is 1010. The highest BCUT2D eigenvalue weighted by Gasteiger charge is 2.28. The molecule has 10 heteroatoms. The Labute approximate surface area is 165 Å². The van der Waals surface area contributed by atoms with Crippen LogP contribution in [0.4, 0.5) is 11.4 Å². The zero-order valence-electron chi connectivity index (χ0n) is 15.7. The summed E-state index contributed by atoms with van der Waals surface area (Å²) >= 11 is 0. The molecule has 0 atom stereocenters. The van der Waals surface area contributed by atoms with Gasteiger partial charge in [-0.2, -0.15) is 4.31 Å².